The van der Waals surface area contributed by atoms with E-state index in [1.54, 1.807) is 4.90 Å². The van der Waals surface area contributed by atoms with Gasteiger partial charge in [-0.2, -0.15) is 0 Å². The van der Waals surface area contributed by atoms with E-state index in [9.17, 15) is 18.0 Å². The van der Waals surface area contributed by atoms with Crippen LogP contribution in [0.25, 0.3) is 0 Å². The van der Waals surface area contributed by atoms with Crippen molar-refractivity contribution in [3.05, 3.63) is 64.7 Å². The molecule has 0 saturated carbocycles. The third kappa shape index (κ3) is 8.88. The van der Waals surface area contributed by atoms with Gasteiger partial charge in [0.25, 0.3) is 0 Å². The number of aryl methyl sites for hydroxylation is 3. The molecule has 0 saturated heterocycles. The summed E-state index contributed by atoms with van der Waals surface area (Å²) in [4.78, 5) is 28.4. The van der Waals surface area contributed by atoms with Crippen LogP contribution in [0.4, 0.5) is 5.69 Å². The normalized spacial score (nSPS) is 12.6. The smallest absolute Gasteiger partial charge is 0.243 e. The number of carbonyl (C=O) groups excluding carboxylic acids is 2. The Kier molecular flexibility index (Phi) is 10.3. The van der Waals surface area contributed by atoms with Gasteiger partial charge in [0, 0.05) is 25.0 Å². The Labute approximate surface area is 223 Å². The Hall–Kier alpha value is -2.87. The molecule has 0 spiro atoms. The fraction of sp³-hybridized carbons (Fsp3) is 0.517. The van der Waals surface area contributed by atoms with Gasteiger partial charge in [-0.05, 0) is 82.7 Å². The Morgan fingerprint density at radius 2 is 1.65 bits per heavy atom. The Morgan fingerprint density at radius 1 is 1.00 bits per heavy atom. The van der Waals surface area contributed by atoms with Gasteiger partial charge in [-0.1, -0.05) is 43.3 Å². The second-order valence-electron chi connectivity index (χ2n) is 10.8. The molecule has 0 aliphatic heterocycles. The summed E-state index contributed by atoms with van der Waals surface area (Å²) in [5, 5.41) is 3.01. The zero-order valence-corrected chi connectivity index (χ0v) is 24.4. The second kappa shape index (κ2) is 12.6. The molecule has 2 aromatic rings. The minimum atomic E-state index is -3.54. The van der Waals surface area contributed by atoms with E-state index < -0.39 is 21.6 Å². The molecule has 2 rings (SSSR count). The van der Waals surface area contributed by atoms with Gasteiger partial charge >= 0.3 is 0 Å². The number of anilines is 1. The molecule has 1 unspecified atom stereocenters. The van der Waals surface area contributed by atoms with E-state index in [1.165, 1.54) is 10.6 Å². The molecule has 2 aromatic carbocycles. The number of rotatable bonds is 11. The van der Waals surface area contributed by atoms with Crippen LogP contribution in [0.2, 0.25) is 0 Å². The molecule has 1 atom stereocenters. The number of carbonyl (C=O) groups is 2. The van der Waals surface area contributed by atoms with Gasteiger partial charge in [-0.15, -0.1) is 0 Å². The number of nitrogens with zero attached hydrogens (tertiary/aromatic N) is 2. The van der Waals surface area contributed by atoms with E-state index in [1.807, 2.05) is 90.9 Å². The van der Waals surface area contributed by atoms with Crippen LogP contribution in [0.5, 0.6) is 0 Å². The van der Waals surface area contributed by atoms with Gasteiger partial charge in [-0.25, -0.2) is 8.42 Å². The average molecular weight is 530 g/mol. The van der Waals surface area contributed by atoms with Crippen LogP contribution < -0.4 is 9.62 Å². The summed E-state index contributed by atoms with van der Waals surface area (Å²) < 4.78 is 26.6. The van der Waals surface area contributed by atoms with E-state index >= 15 is 0 Å². The van der Waals surface area contributed by atoms with Gasteiger partial charge in [0.1, 0.15) is 6.04 Å². The first-order valence-corrected chi connectivity index (χ1v) is 14.7. The third-order valence-electron chi connectivity index (χ3n) is 6.27. The Bertz CT molecular complexity index is 1200. The number of amides is 2. The van der Waals surface area contributed by atoms with Crippen LogP contribution in [-0.2, 0) is 26.2 Å². The predicted molar refractivity (Wildman–Crippen MR) is 151 cm³/mol. The molecule has 0 fully saturated rings. The largest absolute Gasteiger partial charge is 0.350 e. The highest BCUT2D eigenvalue weighted by molar-refractivity contribution is 7.92. The minimum Gasteiger partial charge on any atom is -0.350 e. The molecule has 7 nitrogen and oxygen atoms in total. The van der Waals surface area contributed by atoms with Crippen molar-refractivity contribution in [2.24, 2.45) is 0 Å². The zero-order valence-electron chi connectivity index (χ0n) is 23.6. The molecular formula is C29H43N3O4S. The molecule has 0 bridgehead atoms. The maximum absolute atomic E-state index is 13.6. The summed E-state index contributed by atoms with van der Waals surface area (Å²) in [7, 11) is -3.54. The van der Waals surface area contributed by atoms with Crippen LogP contribution in [0.15, 0.2) is 42.5 Å². The van der Waals surface area contributed by atoms with Crippen molar-refractivity contribution in [1.29, 1.82) is 0 Å². The van der Waals surface area contributed by atoms with Crippen molar-refractivity contribution in [2.75, 3.05) is 17.1 Å². The van der Waals surface area contributed by atoms with E-state index in [0.29, 0.717) is 25.1 Å². The molecule has 0 radical (unpaired) electrons. The lowest BCUT2D eigenvalue weighted by Crippen LogP contribution is -2.53. The lowest BCUT2D eigenvalue weighted by molar-refractivity contribution is -0.142. The van der Waals surface area contributed by atoms with Crippen LogP contribution in [0.1, 0.15) is 69.2 Å². The van der Waals surface area contributed by atoms with Gasteiger partial charge in [0.2, 0.25) is 21.8 Å². The number of sulfonamides is 1. The monoisotopic (exact) mass is 529 g/mol. The van der Waals surface area contributed by atoms with Crippen LogP contribution in [0.3, 0.4) is 0 Å². The van der Waals surface area contributed by atoms with Crippen molar-refractivity contribution in [2.45, 2.75) is 85.9 Å². The quantitative estimate of drug-likeness (QED) is 0.449. The van der Waals surface area contributed by atoms with Crippen LogP contribution in [0, 0.1) is 20.8 Å². The van der Waals surface area contributed by atoms with Crippen molar-refractivity contribution in [3.8, 4) is 0 Å². The number of hydrogen-bond acceptors (Lipinski definition) is 4. The first-order valence-electron chi connectivity index (χ1n) is 12.8. The maximum atomic E-state index is 13.6. The molecule has 0 aliphatic carbocycles. The molecule has 0 aromatic heterocycles. The summed E-state index contributed by atoms with van der Waals surface area (Å²) in [6, 6.07) is 12.9. The predicted octanol–water partition coefficient (Wildman–Crippen LogP) is 4.88. The highest BCUT2D eigenvalue weighted by atomic mass is 32.2. The maximum Gasteiger partial charge on any atom is 0.243 e. The summed E-state index contributed by atoms with van der Waals surface area (Å²) in [6.07, 6.45) is 2.12. The fourth-order valence-electron chi connectivity index (χ4n) is 4.31. The van der Waals surface area contributed by atoms with E-state index in [0.717, 1.165) is 22.3 Å². The second-order valence-corrected chi connectivity index (χ2v) is 12.7. The Morgan fingerprint density at radius 3 is 2.22 bits per heavy atom. The number of benzene rings is 2. The summed E-state index contributed by atoms with van der Waals surface area (Å²) >= 11 is 0. The lowest BCUT2D eigenvalue weighted by atomic mass is 10.0. The van der Waals surface area contributed by atoms with E-state index in [2.05, 4.69) is 5.32 Å². The minimum absolute atomic E-state index is 0.127. The van der Waals surface area contributed by atoms with Crippen LogP contribution in [-0.4, -0.2) is 49.5 Å². The van der Waals surface area contributed by atoms with Gasteiger partial charge in [0.15, 0.2) is 0 Å². The SMILES string of the molecule is CCC(C(=O)NC(C)(C)C)N(Cc1ccccc1C)C(=O)CCCN(c1cc(C)ccc1C)S(C)(=O)=O. The summed E-state index contributed by atoms with van der Waals surface area (Å²) in [6.45, 7) is 13.9. The molecule has 0 aliphatic rings. The van der Waals surface area contributed by atoms with Crippen molar-refractivity contribution in [3.63, 3.8) is 0 Å². The highest BCUT2D eigenvalue weighted by Crippen LogP contribution is 2.25. The van der Waals surface area contributed by atoms with E-state index in [4.69, 9.17) is 0 Å². The lowest BCUT2D eigenvalue weighted by Gasteiger charge is -2.33. The molecular weight excluding hydrogens is 486 g/mol. The van der Waals surface area contributed by atoms with E-state index in [-0.39, 0.29) is 24.8 Å². The molecule has 8 heteroatoms. The fourth-order valence-corrected chi connectivity index (χ4v) is 5.33. The average Bonchev–Trinajstić information content (AvgIpc) is 2.77. The topological polar surface area (TPSA) is 86.8 Å². The molecule has 37 heavy (non-hydrogen) atoms. The summed E-state index contributed by atoms with van der Waals surface area (Å²) in [5.74, 6) is -0.362. The zero-order chi connectivity index (χ0) is 28.0. The van der Waals surface area contributed by atoms with Gasteiger partial charge < -0.3 is 10.2 Å². The Balaban J connectivity index is 2.29. The van der Waals surface area contributed by atoms with Crippen molar-refractivity contribution in [1.82, 2.24) is 10.2 Å². The molecule has 0 heterocycles. The van der Waals surface area contributed by atoms with Crippen molar-refractivity contribution < 1.29 is 18.0 Å². The molecule has 1 N–H and O–H groups in total. The molecule has 204 valence electrons. The van der Waals surface area contributed by atoms with Crippen LogP contribution >= 0.6 is 0 Å². The first kappa shape index (κ1) is 30.4. The number of nitrogens with one attached hydrogen (secondary N) is 1. The molecule has 2 amide bonds. The standard InChI is InChI=1S/C29H43N3O4S/c1-9-25(28(34)30-29(5,6)7)31(20-24-14-11-10-13-22(24)3)27(33)15-12-18-32(37(8,35)36)26-19-21(2)16-17-23(26)4/h10-11,13-14,16-17,19,25H,9,12,15,18,20H2,1-8H3,(H,30,34). The van der Waals surface area contributed by atoms with Crippen molar-refractivity contribution >= 4 is 27.5 Å². The van der Waals surface area contributed by atoms with Gasteiger partial charge in [-0.3, -0.25) is 13.9 Å². The number of hydrogen-bond donors (Lipinski definition) is 1. The summed E-state index contributed by atoms with van der Waals surface area (Å²) in [5.41, 5.74) is 4.04. The first-order chi connectivity index (χ1) is 17.1. The highest BCUT2D eigenvalue weighted by Gasteiger charge is 2.31. The third-order valence-corrected chi connectivity index (χ3v) is 7.45. The van der Waals surface area contributed by atoms with Gasteiger partial charge in [0.05, 0.1) is 11.9 Å².